The normalized spacial score (nSPS) is 16.0. The van der Waals surface area contributed by atoms with Crippen molar-refractivity contribution in [2.24, 2.45) is 5.16 Å². The fourth-order valence-electron chi connectivity index (χ4n) is 1.73. The number of oxime groups is 1. The summed E-state index contributed by atoms with van der Waals surface area (Å²) < 4.78 is 30.1. The summed E-state index contributed by atoms with van der Waals surface area (Å²) in [6.45, 7) is 2.29. The Hall–Kier alpha value is -3.11. The molecule has 2 rings (SSSR count). The van der Waals surface area contributed by atoms with Crippen molar-refractivity contribution in [3.05, 3.63) is 11.1 Å². The van der Waals surface area contributed by atoms with Crippen LogP contribution in [0.5, 0.6) is 0 Å². The average molecular weight is 435 g/mol. The number of amides is 3. The maximum Gasteiger partial charge on any atom is 0.369 e. The molecule has 0 bridgehead atoms. The van der Waals surface area contributed by atoms with Gasteiger partial charge in [0.05, 0.1) is 0 Å². The molecule has 16 heteroatoms. The Morgan fingerprint density at radius 1 is 1.39 bits per heavy atom. The molecule has 2 heterocycles. The molecule has 0 saturated carbocycles. The zero-order valence-electron chi connectivity index (χ0n) is 14.1. The molecule has 0 spiro atoms. The third-order valence-electron chi connectivity index (χ3n) is 3.26. The second kappa shape index (κ2) is 7.13. The topological polar surface area (TPSA) is 219 Å². The van der Waals surface area contributed by atoms with E-state index >= 15 is 0 Å². The Kier molecular flexibility index (Phi) is 5.40. The van der Waals surface area contributed by atoms with Crippen LogP contribution in [0, 0.1) is 0 Å². The number of carbonyl (C=O) groups excluding carboxylic acids is 3. The van der Waals surface area contributed by atoms with E-state index in [1.54, 1.807) is 0 Å². The van der Waals surface area contributed by atoms with Crippen LogP contribution in [-0.4, -0.2) is 68.4 Å². The second-order valence-corrected chi connectivity index (χ2v) is 7.89. The number of aliphatic carboxylic acids is 1. The van der Waals surface area contributed by atoms with Crippen molar-refractivity contribution >= 4 is 56.2 Å². The summed E-state index contributed by atoms with van der Waals surface area (Å²) in [5.41, 5.74) is 2.87. The molecule has 0 aromatic carbocycles. The minimum Gasteiger partial charge on any atom is -0.478 e. The Bertz CT molecular complexity index is 981. The maximum absolute atomic E-state index is 12.4. The van der Waals surface area contributed by atoms with Gasteiger partial charge in [-0.25, -0.2) is 9.78 Å². The molecule has 28 heavy (non-hydrogen) atoms. The van der Waals surface area contributed by atoms with Gasteiger partial charge in [0.15, 0.2) is 16.9 Å². The molecular formula is C12H13N5O9S2. The summed E-state index contributed by atoms with van der Waals surface area (Å²) in [7, 11) is -5.11. The molecule has 1 aromatic heterocycles. The number of rotatable bonds is 7. The molecule has 1 aromatic rings. The largest absolute Gasteiger partial charge is 0.478 e. The lowest BCUT2D eigenvalue weighted by Gasteiger charge is -2.32. The standard InChI is InChI=1S/C12H13N5O9S2/c1-12(2,10(21)22)26-16-5(4-3-27-11(13)14-4)7(18)15-6-8(19)17(9(6)20)28(23,24)25/h3,6H,1-2H3,(H2,13,14)(H,15,18)(H,21,22)(H,23,24,25)/b16-5-. The van der Waals surface area contributed by atoms with Gasteiger partial charge in [0.2, 0.25) is 5.60 Å². The number of nitrogens with zero attached hydrogens (tertiary/aromatic N) is 3. The Morgan fingerprint density at radius 3 is 2.39 bits per heavy atom. The van der Waals surface area contributed by atoms with E-state index in [0.29, 0.717) is 0 Å². The number of aromatic nitrogens is 1. The maximum atomic E-state index is 12.4. The molecule has 5 N–H and O–H groups in total. The highest BCUT2D eigenvalue weighted by atomic mass is 32.2. The van der Waals surface area contributed by atoms with Gasteiger partial charge in [-0.15, -0.1) is 15.6 Å². The van der Waals surface area contributed by atoms with Gasteiger partial charge in [-0.1, -0.05) is 5.16 Å². The van der Waals surface area contributed by atoms with Gasteiger partial charge in [0, 0.05) is 5.38 Å². The van der Waals surface area contributed by atoms with Crippen LogP contribution in [0.3, 0.4) is 0 Å². The first-order chi connectivity index (χ1) is 12.8. The predicted octanol–water partition coefficient (Wildman–Crippen LogP) is -2.03. The molecule has 3 amide bonds. The number of hydrogen-bond acceptors (Lipinski definition) is 11. The van der Waals surface area contributed by atoms with Crippen LogP contribution >= 0.6 is 11.3 Å². The van der Waals surface area contributed by atoms with Crippen molar-refractivity contribution in [3.63, 3.8) is 0 Å². The Labute approximate surface area is 160 Å². The van der Waals surface area contributed by atoms with Gasteiger partial charge in [-0.2, -0.15) is 8.42 Å². The number of imide groups is 1. The number of nitrogens with one attached hydrogen (secondary N) is 1. The lowest BCUT2D eigenvalue weighted by atomic mass is 10.1. The molecular weight excluding hydrogens is 422 g/mol. The number of anilines is 1. The van der Waals surface area contributed by atoms with E-state index in [0.717, 1.165) is 25.2 Å². The third kappa shape index (κ3) is 4.07. The van der Waals surface area contributed by atoms with Gasteiger partial charge >= 0.3 is 16.3 Å². The van der Waals surface area contributed by atoms with E-state index in [4.69, 9.17) is 20.2 Å². The molecule has 1 saturated heterocycles. The summed E-state index contributed by atoms with van der Waals surface area (Å²) >= 11 is 0.913. The van der Waals surface area contributed by atoms with Crippen LogP contribution in [0.25, 0.3) is 0 Å². The van der Waals surface area contributed by atoms with Crippen LogP contribution < -0.4 is 11.1 Å². The van der Waals surface area contributed by atoms with Crippen molar-refractivity contribution in [1.29, 1.82) is 0 Å². The minimum absolute atomic E-state index is 0.0290. The molecule has 0 aliphatic carbocycles. The SMILES string of the molecule is CC(C)(O/N=C(\C(=O)NC1C(=O)N(S(=O)(=O)O)C1=O)c1csc(N)n1)C(=O)O. The molecule has 0 radical (unpaired) electrons. The van der Waals surface area contributed by atoms with Gasteiger partial charge in [-0.05, 0) is 13.8 Å². The monoisotopic (exact) mass is 435 g/mol. The first kappa shape index (κ1) is 21.2. The smallest absolute Gasteiger partial charge is 0.369 e. The highest BCUT2D eigenvalue weighted by molar-refractivity contribution is 7.84. The average Bonchev–Trinajstić information content (AvgIpc) is 2.97. The van der Waals surface area contributed by atoms with E-state index in [2.05, 4.69) is 10.1 Å². The van der Waals surface area contributed by atoms with Crippen molar-refractivity contribution in [2.45, 2.75) is 25.5 Å². The van der Waals surface area contributed by atoms with E-state index in [1.807, 2.05) is 5.32 Å². The second-order valence-electron chi connectivity index (χ2n) is 5.74. The number of nitrogens with two attached hydrogens (primary N) is 1. The lowest BCUT2D eigenvalue weighted by molar-refractivity contribution is -0.161. The Balaban J connectivity index is 2.27. The number of thiazole rings is 1. The summed E-state index contributed by atoms with van der Waals surface area (Å²) in [4.78, 5) is 55.5. The molecule has 152 valence electrons. The third-order valence-corrected chi connectivity index (χ3v) is 4.76. The van der Waals surface area contributed by atoms with Gasteiger partial charge in [-0.3, -0.25) is 18.9 Å². The van der Waals surface area contributed by atoms with E-state index in [1.165, 1.54) is 5.38 Å². The minimum atomic E-state index is -5.11. The molecule has 0 unspecified atom stereocenters. The number of hydrogen-bond donors (Lipinski definition) is 4. The molecule has 14 nitrogen and oxygen atoms in total. The molecule has 1 aliphatic heterocycles. The zero-order valence-corrected chi connectivity index (χ0v) is 15.8. The van der Waals surface area contributed by atoms with Gasteiger partial charge in [0.1, 0.15) is 5.69 Å². The summed E-state index contributed by atoms with van der Waals surface area (Å²) in [5.74, 6) is -5.40. The Morgan fingerprint density at radius 2 is 1.96 bits per heavy atom. The molecule has 0 atom stereocenters. The van der Waals surface area contributed by atoms with Crippen LogP contribution in [-0.2, 0) is 34.3 Å². The summed E-state index contributed by atoms with van der Waals surface area (Å²) in [6, 6.07) is -1.90. The number of carbonyl (C=O) groups is 4. The highest BCUT2D eigenvalue weighted by Gasteiger charge is 2.54. The van der Waals surface area contributed by atoms with E-state index < -0.39 is 55.7 Å². The van der Waals surface area contributed by atoms with Crippen LogP contribution in [0.1, 0.15) is 19.5 Å². The van der Waals surface area contributed by atoms with Gasteiger partial charge in [0.25, 0.3) is 17.7 Å². The fraction of sp³-hybridized carbons (Fsp3) is 0.333. The van der Waals surface area contributed by atoms with Crippen molar-refractivity contribution < 1.29 is 42.1 Å². The van der Waals surface area contributed by atoms with Crippen molar-refractivity contribution in [3.8, 4) is 0 Å². The summed E-state index contributed by atoms with van der Waals surface area (Å²) in [5, 5.41) is 15.7. The number of carboxylic acid groups (broad SMARTS) is 1. The zero-order chi connectivity index (χ0) is 21.4. The summed E-state index contributed by atoms with van der Waals surface area (Å²) in [6.07, 6.45) is 0. The van der Waals surface area contributed by atoms with E-state index in [-0.39, 0.29) is 10.8 Å². The predicted molar refractivity (Wildman–Crippen MR) is 91.2 cm³/mol. The first-order valence-electron chi connectivity index (χ1n) is 7.13. The first-order valence-corrected chi connectivity index (χ1v) is 9.40. The van der Waals surface area contributed by atoms with E-state index in [9.17, 15) is 27.6 Å². The van der Waals surface area contributed by atoms with Gasteiger partial charge < -0.3 is 21.0 Å². The highest BCUT2D eigenvalue weighted by Crippen LogP contribution is 2.18. The quantitative estimate of drug-likeness (QED) is 0.120. The van der Waals surface area contributed by atoms with Crippen LogP contribution in [0.4, 0.5) is 5.13 Å². The van der Waals surface area contributed by atoms with Crippen LogP contribution in [0.2, 0.25) is 0 Å². The number of nitrogen functional groups attached to an aromatic ring is 1. The van der Waals surface area contributed by atoms with Crippen LogP contribution in [0.15, 0.2) is 10.5 Å². The number of β-lactam (4-membered cyclic amide) rings is 2. The lowest BCUT2D eigenvalue weighted by Crippen LogP contribution is -2.69. The molecule has 1 fully saturated rings. The van der Waals surface area contributed by atoms with Crippen molar-refractivity contribution in [1.82, 2.24) is 14.6 Å². The fourth-order valence-corrected chi connectivity index (χ4v) is 2.95. The molecule has 1 aliphatic rings. The number of carboxylic acids is 1. The van der Waals surface area contributed by atoms with Crippen molar-refractivity contribution in [2.75, 3.05) is 5.73 Å².